The molecular weight excluding hydrogens is 372 g/mol. The van der Waals surface area contributed by atoms with Crippen LogP contribution in [0.5, 0.6) is 0 Å². The zero-order valence-corrected chi connectivity index (χ0v) is 16.3. The number of hydrogen-bond acceptors (Lipinski definition) is 5. The SMILES string of the molecule is CCCNC(=O)C(C)OC(=O)c1ccc(CN2C(=O)c3ccccc3C2=O)cc1. The van der Waals surface area contributed by atoms with E-state index in [1.165, 1.54) is 11.8 Å². The number of carbonyl (C=O) groups excluding carboxylic acids is 4. The average Bonchev–Trinajstić information content (AvgIpc) is 2.97. The summed E-state index contributed by atoms with van der Waals surface area (Å²) in [5.74, 6) is -1.62. The molecule has 0 radical (unpaired) electrons. The Kier molecular flexibility index (Phi) is 6.07. The highest BCUT2D eigenvalue weighted by Crippen LogP contribution is 2.24. The van der Waals surface area contributed by atoms with Crippen LogP contribution in [0.4, 0.5) is 0 Å². The van der Waals surface area contributed by atoms with Gasteiger partial charge in [-0.3, -0.25) is 19.3 Å². The van der Waals surface area contributed by atoms with Crippen LogP contribution in [0.2, 0.25) is 0 Å². The Bertz CT molecular complexity index is 917. The van der Waals surface area contributed by atoms with Gasteiger partial charge in [0.25, 0.3) is 17.7 Å². The van der Waals surface area contributed by atoms with Crippen molar-refractivity contribution in [1.82, 2.24) is 10.2 Å². The second-order valence-corrected chi connectivity index (χ2v) is 6.78. The summed E-state index contributed by atoms with van der Waals surface area (Å²) in [5, 5.41) is 2.67. The minimum atomic E-state index is -0.896. The van der Waals surface area contributed by atoms with Crippen LogP contribution in [0.1, 0.15) is 56.9 Å². The number of benzene rings is 2. The number of imide groups is 1. The second-order valence-electron chi connectivity index (χ2n) is 6.78. The number of ether oxygens (including phenoxy) is 1. The Morgan fingerprint density at radius 1 is 1.00 bits per heavy atom. The van der Waals surface area contributed by atoms with Gasteiger partial charge in [-0.05, 0) is 43.2 Å². The maximum Gasteiger partial charge on any atom is 0.338 e. The van der Waals surface area contributed by atoms with E-state index in [4.69, 9.17) is 4.74 Å². The first-order valence-corrected chi connectivity index (χ1v) is 9.45. The molecule has 3 rings (SSSR count). The van der Waals surface area contributed by atoms with Gasteiger partial charge in [0.15, 0.2) is 6.10 Å². The molecule has 2 aromatic rings. The van der Waals surface area contributed by atoms with Crippen molar-refractivity contribution in [1.29, 1.82) is 0 Å². The van der Waals surface area contributed by atoms with E-state index in [-0.39, 0.29) is 29.8 Å². The minimum absolute atomic E-state index is 0.109. The van der Waals surface area contributed by atoms with Crippen molar-refractivity contribution >= 4 is 23.7 Å². The van der Waals surface area contributed by atoms with Crippen molar-refractivity contribution in [2.45, 2.75) is 32.9 Å². The van der Waals surface area contributed by atoms with Crippen molar-refractivity contribution in [3.63, 3.8) is 0 Å². The Morgan fingerprint density at radius 3 is 2.14 bits per heavy atom. The third-order valence-electron chi connectivity index (χ3n) is 4.61. The van der Waals surface area contributed by atoms with Gasteiger partial charge < -0.3 is 10.1 Å². The van der Waals surface area contributed by atoms with Gasteiger partial charge in [0.2, 0.25) is 0 Å². The van der Waals surface area contributed by atoms with Crippen LogP contribution in [0, 0.1) is 0 Å². The quantitative estimate of drug-likeness (QED) is 0.575. The molecule has 1 unspecified atom stereocenters. The fourth-order valence-electron chi connectivity index (χ4n) is 2.99. The van der Waals surface area contributed by atoms with Crippen LogP contribution in [-0.2, 0) is 16.1 Å². The van der Waals surface area contributed by atoms with Crippen LogP contribution in [-0.4, -0.2) is 41.2 Å². The van der Waals surface area contributed by atoms with E-state index in [0.29, 0.717) is 23.2 Å². The molecule has 0 fully saturated rings. The molecular formula is C22H22N2O5. The molecule has 7 nitrogen and oxygen atoms in total. The molecule has 1 atom stereocenters. The molecule has 1 heterocycles. The van der Waals surface area contributed by atoms with Gasteiger partial charge in [0.05, 0.1) is 23.2 Å². The molecule has 150 valence electrons. The number of carbonyl (C=O) groups is 4. The molecule has 0 spiro atoms. The summed E-state index contributed by atoms with van der Waals surface area (Å²) in [6.45, 7) is 4.07. The first-order valence-electron chi connectivity index (χ1n) is 9.45. The molecule has 2 aromatic carbocycles. The Balaban J connectivity index is 1.62. The lowest BCUT2D eigenvalue weighted by atomic mass is 10.1. The van der Waals surface area contributed by atoms with Crippen LogP contribution in [0.3, 0.4) is 0 Å². The van der Waals surface area contributed by atoms with Gasteiger partial charge in [0, 0.05) is 6.54 Å². The van der Waals surface area contributed by atoms with Crippen LogP contribution >= 0.6 is 0 Å². The topological polar surface area (TPSA) is 92.8 Å². The van der Waals surface area contributed by atoms with E-state index in [0.717, 1.165) is 6.42 Å². The first kappa shape index (κ1) is 20.3. The third-order valence-corrected chi connectivity index (χ3v) is 4.61. The Labute approximate surface area is 168 Å². The lowest BCUT2D eigenvalue weighted by Crippen LogP contribution is -2.36. The molecule has 1 aliphatic heterocycles. The maximum atomic E-state index is 12.4. The lowest BCUT2D eigenvalue weighted by molar-refractivity contribution is -0.129. The van der Waals surface area contributed by atoms with Crippen molar-refractivity contribution < 1.29 is 23.9 Å². The van der Waals surface area contributed by atoms with E-state index in [2.05, 4.69) is 5.32 Å². The number of rotatable bonds is 7. The molecule has 0 saturated carbocycles. The number of hydrogen-bond donors (Lipinski definition) is 1. The van der Waals surface area contributed by atoms with Crippen LogP contribution in [0.25, 0.3) is 0 Å². The van der Waals surface area contributed by atoms with E-state index in [1.54, 1.807) is 48.5 Å². The molecule has 0 aliphatic carbocycles. The number of esters is 1. The molecule has 1 aliphatic rings. The second kappa shape index (κ2) is 8.68. The molecule has 0 aromatic heterocycles. The molecule has 0 saturated heterocycles. The summed E-state index contributed by atoms with van der Waals surface area (Å²) in [4.78, 5) is 50.1. The zero-order chi connectivity index (χ0) is 21.0. The highest BCUT2D eigenvalue weighted by atomic mass is 16.5. The summed E-state index contributed by atoms with van der Waals surface area (Å²) >= 11 is 0. The lowest BCUT2D eigenvalue weighted by Gasteiger charge is -2.15. The minimum Gasteiger partial charge on any atom is -0.449 e. The zero-order valence-electron chi connectivity index (χ0n) is 16.3. The normalized spacial score (nSPS) is 13.8. The summed E-state index contributed by atoms with van der Waals surface area (Å²) in [7, 11) is 0. The van der Waals surface area contributed by atoms with Crippen molar-refractivity contribution in [2.75, 3.05) is 6.54 Å². The summed E-state index contributed by atoms with van der Waals surface area (Å²) in [5.41, 5.74) is 1.78. The van der Waals surface area contributed by atoms with E-state index in [1.807, 2.05) is 6.92 Å². The van der Waals surface area contributed by atoms with Gasteiger partial charge in [0.1, 0.15) is 0 Å². The molecule has 3 amide bonds. The number of nitrogens with zero attached hydrogens (tertiary/aromatic N) is 1. The highest BCUT2D eigenvalue weighted by Gasteiger charge is 2.34. The van der Waals surface area contributed by atoms with Crippen molar-refractivity contribution in [3.8, 4) is 0 Å². The van der Waals surface area contributed by atoms with Gasteiger partial charge in [-0.1, -0.05) is 31.2 Å². The average molecular weight is 394 g/mol. The fraction of sp³-hybridized carbons (Fsp3) is 0.273. The Morgan fingerprint density at radius 2 is 1.59 bits per heavy atom. The maximum absolute atomic E-state index is 12.4. The third kappa shape index (κ3) is 4.34. The number of amides is 3. The highest BCUT2D eigenvalue weighted by molar-refractivity contribution is 6.21. The summed E-state index contributed by atoms with van der Waals surface area (Å²) < 4.78 is 5.18. The summed E-state index contributed by atoms with van der Waals surface area (Å²) in [6.07, 6.45) is -0.104. The van der Waals surface area contributed by atoms with Gasteiger partial charge >= 0.3 is 5.97 Å². The molecule has 1 N–H and O–H groups in total. The van der Waals surface area contributed by atoms with Gasteiger partial charge in [-0.2, -0.15) is 0 Å². The molecule has 0 bridgehead atoms. The number of nitrogens with one attached hydrogen (secondary N) is 1. The van der Waals surface area contributed by atoms with Crippen LogP contribution < -0.4 is 5.32 Å². The van der Waals surface area contributed by atoms with Crippen molar-refractivity contribution in [2.24, 2.45) is 0 Å². The van der Waals surface area contributed by atoms with E-state index in [9.17, 15) is 19.2 Å². The predicted octanol–water partition coefficient (Wildman–Crippen LogP) is 2.55. The van der Waals surface area contributed by atoms with Crippen molar-refractivity contribution in [3.05, 3.63) is 70.8 Å². The standard InChI is InChI=1S/C22H22N2O5/c1-3-12-23-19(25)14(2)29-22(28)16-10-8-15(9-11-16)13-24-20(26)17-6-4-5-7-18(17)21(24)27/h4-11,14H,3,12-13H2,1-2H3,(H,23,25). The van der Waals surface area contributed by atoms with Gasteiger partial charge in [-0.25, -0.2) is 4.79 Å². The van der Waals surface area contributed by atoms with E-state index >= 15 is 0 Å². The smallest absolute Gasteiger partial charge is 0.338 e. The largest absolute Gasteiger partial charge is 0.449 e. The number of fused-ring (bicyclic) bond motifs is 1. The molecule has 29 heavy (non-hydrogen) atoms. The Hall–Kier alpha value is -3.48. The fourth-order valence-corrected chi connectivity index (χ4v) is 2.99. The predicted molar refractivity (Wildman–Crippen MR) is 105 cm³/mol. The van der Waals surface area contributed by atoms with Gasteiger partial charge in [-0.15, -0.1) is 0 Å². The monoisotopic (exact) mass is 394 g/mol. The molecule has 7 heteroatoms. The summed E-state index contributed by atoms with van der Waals surface area (Å²) in [6, 6.07) is 13.1. The van der Waals surface area contributed by atoms with E-state index < -0.39 is 12.1 Å². The first-order chi connectivity index (χ1) is 13.9. The van der Waals surface area contributed by atoms with Crippen LogP contribution in [0.15, 0.2) is 48.5 Å².